The fraction of sp³-hybridized carbons (Fsp3) is 0.600. The molecule has 0 spiro atoms. The number of unbranched alkanes of at least 4 members (excludes halogenated alkanes) is 4. The monoisotopic (exact) mass is 872 g/mol. The minimum Gasteiger partial charge on any atom is -0.756 e. The Morgan fingerprint density at radius 1 is 0.590 bits per heavy atom. The maximum atomic E-state index is 12.7. The first-order valence-electron chi connectivity index (χ1n) is 22.7. The van der Waals surface area contributed by atoms with E-state index in [9.17, 15) is 24.2 Å². The van der Waals surface area contributed by atoms with E-state index < -0.39 is 32.5 Å². The fourth-order valence-corrected chi connectivity index (χ4v) is 6.02. The van der Waals surface area contributed by atoms with Crippen molar-refractivity contribution in [3.8, 4) is 0 Å². The van der Waals surface area contributed by atoms with E-state index in [2.05, 4.69) is 92.8 Å². The summed E-state index contributed by atoms with van der Waals surface area (Å²) in [5.74, 6) is -1.03. The zero-order valence-electron chi connectivity index (χ0n) is 38.4. The predicted octanol–water partition coefficient (Wildman–Crippen LogP) is 11.5. The molecule has 0 amide bonds. The molecule has 346 valence electrons. The summed E-state index contributed by atoms with van der Waals surface area (Å²) in [4.78, 5) is 37.5. The van der Waals surface area contributed by atoms with Crippen LogP contribution in [0.15, 0.2) is 109 Å². The van der Waals surface area contributed by atoms with Crippen molar-refractivity contribution in [2.75, 3.05) is 47.5 Å². The van der Waals surface area contributed by atoms with Gasteiger partial charge in [-0.1, -0.05) is 142 Å². The number of nitrogens with zero attached hydrogens (tertiary/aromatic N) is 1. The van der Waals surface area contributed by atoms with Gasteiger partial charge in [-0.3, -0.25) is 14.2 Å². The highest BCUT2D eigenvalue weighted by molar-refractivity contribution is 7.45. The minimum absolute atomic E-state index is 0.0653. The number of hydrogen-bond acceptors (Lipinski definition) is 9. The number of phosphoric ester groups is 1. The summed E-state index contributed by atoms with van der Waals surface area (Å²) in [5.41, 5.74) is 0. The highest BCUT2D eigenvalue weighted by atomic mass is 31.2. The quantitative estimate of drug-likeness (QED) is 0.0211. The lowest BCUT2D eigenvalue weighted by atomic mass is 10.1. The van der Waals surface area contributed by atoms with Crippen LogP contribution >= 0.6 is 7.82 Å². The van der Waals surface area contributed by atoms with E-state index >= 15 is 0 Å². The first kappa shape index (κ1) is 57.6. The first-order chi connectivity index (χ1) is 29.4. The van der Waals surface area contributed by atoms with Crippen LogP contribution in [-0.4, -0.2) is 81.2 Å². The van der Waals surface area contributed by atoms with Crippen LogP contribution in [0.5, 0.6) is 0 Å². The smallest absolute Gasteiger partial charge is 0.306 e. The molecule has 3 atom stereocenters. The lowest BCUT2D eigenvalue weighted by molar-refractivity contribution is -0.870. The zero-order valence-corrected chi connectivity index (χ0v) is 39.3. The molecule has 0 aliphatic rings. The highest BCUT2D eigenvalue weighted by Crippen LogP contribution is 2.38. The Hall–Kier alpha value is -3.37. The van der Waals surface area contributed by atoms with Crippen LogP contribution in [0.1, 0.15) is 136 Å². The van der Waals surface area contributed by atoms with Crippen molar-refractivity contribution in [2.24, 2.45) is 0 Å². The average Bonchev–Trinajstić information content (AvgIpc) is 3.20. The van der Waals surface area contributed by atoms with Crippen LogP contribution < -0.4 is 4.89 Å². The van der Waals surface area contributed by atoms with Gasteiger partial charge in [-0.25, -0.2) is 0 Å². The summed E-state index contributed by atoms with van der Waals surface area (Å²) in [7, 11) is 1.05. The van der Waals surface area contributed by atoms with Crippen LogP contribution in [0, 0.1) is 0 Å². The van der Waals surface area contributed by atoms with E-state index in [0.29, 0.717) is 36.7 Å². The molecular weight excluding hydrogens is 790 g/mol. The van der Waals surface area contributed by atoms with E-state index in [0.717, 1.165) is 57.8 Å². The second-order valence-electron chi connectivity index (χ2n) is 15.9. The molecule has 1 N–H and O–H groups in total. The molecule has 10 nitrogen and oxygen atoms in total. The normalized spacial score (nSPS) is 15.1. The second-order valence-corrected chi connectivity index (χ2v) is 17.3. The number of esters is 2. The molecule has 0 fully saturated rings. The van der Waals surface area contributed by atoms with E-state index in [1.807, 2.05) is 51.5 Å². The van der Waals surface area contributed by atoms with Crippen LogP contribution in [0.2, 0.25) is 0 Å². The molecule has 0 heterocycles. The summed E-state index contributed by atoms with van der Waals surface area (Å²) in [5, 5.41) is 9.74. The topological polar surface area (TPSA) is 131 Å². The number of likely N-dealkylation sites (N-methyl/N-ethyl adjacent to an activating group) is 1. The number of allylic oxidation sites excluding steroid dienone is 17. The maximum Gasteiger partial charge on any atom is 0.306 e. The van der Waals surface area contributed by atoms with Crippen molar-refractivity contribution < 1.29 is 47.2 Å². The number of aliphatic hydroxyl groups excluding tert-OH is 1. The number of carbonyl (C=O) groups excluding carboxylic acids is 2. The molecule has 0 rings (SSSR count). The summed E-state index contributed by atoms with van der Waals surface area (Å²) in [6.45, 7) is 3.80. The molecule has 0 aromatic heterocycles. The molecule has 0 radical (unpaired) electrons. The number of hydrogen-bond donors (Lipinski definition) is 1. The molecule has 0 aliphatic heterocycles. The summed E-state index contributed by atoms with van der Waals surface area (Å²) < 4.78 is 33.7. The molecule has 0 bridgehead atoms. The molecular formula is C50H82NO9P. The molecule has 0 saturated carbocycles. The highest BCUT2D eigenvalue weighted by Gasteiger charge is 2.21. The van der Waals surface area contributed by atoms with Gasteiger partial charge in [0.1, 0.15) is 19.8 Å². The number of rotatable bonds is 39. The fourth-order valence-electron chi connectivity index (χ4n) is 5.29. The van der Waals surface area contributed by atoms with Crippen LogP contribution in [-0.2, 0) is 32.7 Å². The zero-order chi connectivity index (χ0) is 45.1. The molecule has 2 unspecified atom stereocenters. The van der Waals surface area contributed by atoms with Gasteiger partial charge in [0.15, 0.2) is 6.10 Å². The van der Waals surface area contributed by atoms with Gasteiger partial charge in [0, 0.05) is 12.8 Å². The van der Waals surface area contributed by atoms with Crippen molar-refractivity contribution in [3.05, 3.63) is 109 Å². The largest absolute Gasteiger partial charge is 0.756 e. The van der Waals surface area contributed by atoms with Gasteiger partial charge in [0.2, 0.25) is 0 Å². The van der Waals surface area contributed by atoms with E-state index in [1.165, 1.54) is 25.7 Å². The lowest BCUT2D eigenvalue weighted by Gasteiger charge is -2.28. The maximum absolute atomic E-state index is 12.7. The number of quaternary nitrogens is 1. The van der Waals surface area contributed by atoms with Crippen molar-refractivity contribution in [1.82, 2.24) is 0 Å². The number of ether oxygens (including phenoxy) is 2. The molecule has 0 aromatic rings. The predicted molar refractivity (Wildman–Crippen MR) is 251 cm³/mol. The van der Waals surface area contributed by atoms with Gasteiger partial charge in [-0.05, 0) is 89.9 Å². The summed E-state index contributed by atoms with van der Waals surface area (Å²) >= 11 is 0. The standard InChI is InChI=1S/C50H82NO9P/c1-6-8-9-10-11-12-13-14-15-16-17-18-19-22-25-28-31-34-37-41-49(53)57-45-48(46-59-61(55,56)58-44-43-51(3,4)5)60-50(54)42-38-35-32-29-26-23-20-21-24-27-30-33-36-40-47(52)39-7-2/h11-12,14-15,17-18,20,22-25,27,29,31-34,36,47-48,52H,6-10,13,16,19,21,26,28,30,35,37-46H2,1-5H3/b12-11-,15-14-,18-17-,23-20-,25-22-,27-24-,32-29-,34-31-,36-33-/t47?,48-/m1/s1. The van der Waals surface area contributed by atoms with Crippen molar-refractivity contribution >= 4 is 19.8 Å². The molecule has 0 aromatic carbocycles. The average molecular weight is 872 g/mol. The first-order valence-corrected chi connectivity index (χ1v) is 24.1. The van der Waals surface area contributed by atoms with Crippen molar-refractivity contribution in [1.29, 1.82) is 0 Å². The minimum atomic E-state index is -4.67. The van der Waals surface area contributed by atoms with Gasteiger partial charge in [0.25, 0.3) is 7.82 Å². The van der Waals surface area contributed by atoms with E-state index in [-0.39, 0.29) is 32.2 Å². The molecule has 0 aliphatic carbocycles. The Morgan fingerprint density at radius 3 is 1.56 bits per heavy atom. The Balaban J connectivity index is 4.60. The number of aliphatic hydroxyl groups is 1. The molecule has 0 saturated heterocycles. The van der Waals surface area contributed by atoms with Gasteiger partial charge >= 0.3 is 11.9 Å². The van der Waals surface area contributed by atoms with Crippen LogP contribution in [0.25, 0.3) is 0 Å². The van der Waals surface area contributed by atoms with Crippen LogP contribution in [0.3, 0.4) is 0 Å². The molecule has 61 heavy (non-hydrogen) atoms. The third kappa shape index (κ3) is 44.5. The van der Waals surface area contributed by atoms with Crippen molar-refractivity contribution in [2.45, 2.75) is 148 Å². The lowest BCUT2D eigenvalue weighted by Crippen LogP contribution is -2.37. The van der Waals surface area contributed by atoms with Gasteiger partial charge < -0.3 is 33.0 Å². The second kappa shape index (κ2) is 40.7. The Labute approximate surface area is 370 Å². The van der Waals surface area contributed by atoms with E-state index in [4.69, 9.17) is 18.5 Å². The summed E-state index contributed by atoms with van der Waals surface area (Å²) in [6.07, 6.45) is 52.0. The molecule has 11 heteroatoms. The van der Waals surface area contributed by atoms with Gasteiger partial charge in [0.05, 0.1) is 33.9 Å². The Kier molecular flexibility index (Phi) is 38.4. The van der Waals surface area contributed by atoms with Crippen molar-refractivity contribution in [3.63, 3.8) is 0 Å². The summed E-state index contributed by atoms with van der Waals surface area (Å²) in [6, 6.07) is 0. The Morgan fingerprint density at radius 2 is 1.07 bits per heavy atom. The van der Waals surface area contributed by atoms with Gasteiger partial charge in [-0.15, -0.1) is 0 Å². The van der Waals surface area contributed by atoms with E-state index in [1.54, 1.807) is 0 Å². The third-order valence-corrected chi connectivity index (χ3v) is 9.80. The van der Waals surface area contributed by atoms with Gasteiger partial charge in [-0.2, -0.15) is 0 Å². The Bertz CT molecular complexity index is 1420. The SMILES string of the molecule is CCCCC/C=C\C/C=C\C/C=C\C/C=C\C/C=C\CCC(=O)OC[C@H](COP(=O)([O-])OCC[N+](C)(C)C)OC(=O)CCC/C=C\C/C=C\C/C=C\C/C=C\CC(O)CCC. The number of carbonyl (C=O) groups is 2. The third-order valence-electron chi connectivity index (χ3n) is 8.83. The van der Waals surface area contributed by atoms with Crippen LogP contribution in [0.4, 0.5) is 0 Å². The number of phosphoric acid groups is 1.